The van der Waals surface area contributed by atoms with Gasteiger partial charge in [-0.15, -0.1) is 0 Å². The van der Waals surface area contributed by atoms with E-state index in [1.54, 1.807) is 0 Å². The topological polar surface area (TPSA) is 118 Å². The molecule has 0 saturated heterocycles. The standard InChI is InChI=1S/C25H56N2O6P2.BrH/c1-4-5-6-7-8-9-10-11-12-13-14-15-16-17-18-19-22-27(2,3)23-20-21-26(24-34(28,29)30)25-35(31,32)33;/h4-25H2,1-3H3,(H3-,28,29,30,31,32,33);1H. The van der Waals surface area contributed by atoms with Crippen LogP contribution < -0.4 is 17.0 Å². The number of unbranched alkanes of at least 4 members (excludes halogenated alkanes) is 15. The van der Waals surface area contributed by atoms with Crippen molar-refractivity contribution in [1.82, 2.24) is 4.90 Å². The van der Waals surface area contributed by atoms with Crippen molar-refractivity contribution in [2.45, 2.75) is 116 Å². The monoisotopic (exact) mass is 622 g/mol. The maximum Gasteiger partial charge on any atom is 0.339 e. The Bertz CT molecular complexity index is 577. The summed E-state index contributed by atoms with van der Waals surface area (Å²) < 4.78 is 23.3. The van der Waals surface area contributed by atoms with E-state index < -0.39 is 27.8 Å². The van der Waals surface area contributed by atoms with Crippen molar-refractivity contribution in [1.29, 1.82) is 0 Å². The average molecular weight is 624 g/mol. The Kier molecular flexibility index (Phi) is 24.3. The third-order valence-corrected chi connectivity index (χ3v) is 8.16. The van der Waals surface area contributed by atoms with Gasteiger partial charge in [0.1, 0.15) is 12.6 Å². The zero-order chi connectivity index (χ0) is 26.6. The molecule has 0 aromatic carbocycles. The second kappa shape index (κ2) is 22.5. The number of hydrogen-bond donors (Lipinski definition) is 4. The van der Waals surface area contributed by atoms with Gasteiger partial charge in [0.15, 0.2) is 0 Å². The predicted molar refractivity (Wildman–Crippen MR) is 147 cm³/mol. The molecule has 0 aromatic rings. The van der Waals surface area contributed by atoms with E-state index in [4.69, 9.17) is 19.6 Å². The third kappa shape index (κ3) is 29.3. The van der Waals surface area contributed by atoms with Crippen LogP contribution in [0.5, 0.6) is 0 Å². The van der Waals surface area contributed by atoms with Gasteiger partial charge in [-0.2, -0.15) is 0 Å². The minimum Gasteiger partial charge on any atom is -1.00 e. The quantitative estimate of drug-likeness (QED) is 0.0701. The Morgan fingerprint density at radius 1 is 0.556 bits per heavy atom. The Labute approximate surface area is 232 Å². The summed E-state index contributed by atoms with van der Waals surface area (Å²) >= 11 is 0. The molecule has 8 nitrogen and oxygen atoms in total. The van der Waals surface area contributed by atoms with Crippen molar-refractivity contribution in [3.63, 3.8) is 0 Å². The summed E-state index contributed by atoms with van der Waals surface area (Å²) in [4.78, 5) is 37.9. The first-order valence-electron chi connectivity index (χ1n) is 14.0. The minimum absolute atomic E-state index is 0. The average Bonchev–Trinajstić information content (AvgIpc) is 2.71. The Morgan fingerprint density at radius 2 is 0.861 bits per heavy atom. The largest absolute Gasteiger partial charge is 1.00 e. The SMILES string of the molecule is CCCCCCCCCCCCCCCCCC[N+](C)(C)CCCN(CP(=O)(O)O)CP(=O)(O)O.[Br-]. The third-order valence-electron chi connectivity index (χ3n) is 6.62. The summed E-state index contributed by atoms with van der Waals surface area (Å²) in [5, 5.41) is 0. The van der Waals surface area contributed by atoms with Crippen molar-refractivity contribution in [3.05, 3.63) is 0 Å². The van der Waals surface area contributed by atoms with E-state index in [0.29, 0.717) is 6.42 Å². The first-order chi connectivity index (χ1) is 16.3. The molecule has 4 N–H and O–H groups in total. The fourth-order valence-corrected chi connectivity index (χ4v) is 6.31. The van der Waals surface area contributed by atoms with Crippen molar-refractivity contribution in [2.24, 2.45) is 0 Å². The van der Waals surface area contributed by atoms with Crippen LogP contribution >= 0.6 is 15.2 Å². The predicted octanol–water partition coefficient (Wildman–Crippen LogP) is 3.29. The van der Waals surface area contributed by atoms with Crippen LogP contribution in [0.15, 0.2) is 0 Å². The van der Waals surface area contributed by atoms with Crippen molar-refractivity contribution >= 4 is 15.2 Å². The molecule has 0 fully saturated rings. The summed E-state index contributed by atoms with van der Waals surface area (Å²) in [6, 6.07) is 0. The zero-order valence-electron chi connectivity index (χ0n) is 23.3. The normalized spacial score (nSPS) is 12.8. The summed E-state index contributed by atoms with van der Waals surface area (Å²) in [5.41, 5.74) is 0. The highest BCUT2D eigenvalue weighted by atomic mass is 79.9. The smallest absolute Gasteiger partial charge is 0.339 e. The summed E-state index contributed by atoms with van der Waals surface area (Å²) in [6.45, 7) is 4.37. The molecule has 220 valence electrons. The van der Waals surface area contributed by atoms with Gasteiger partial charge in [0, 0.05) is 13.0 Å². The molecule has 0 aromatic heterocycles. The number of hydrogen-bond acceptors (Lipinski definition) is 3. The lowest BCUT2D eigenvalue weighted by Crippen LogP contribution is -3.00. The molecule has 0 aliphatic heterocycles. The molecule has 0 unspecified atom stereocenters. The van der Waals surface area contributed by atoms with Gasteiger partial charge in [0.25, 0.3) is 0 Å². The van der Waals surface area contributed by atoms with Gasteiger partial charge in [0.2, 0.25) is 0 Å². The molecule has 11 heteroatoms. The highest BCUT2D eigenvalue weighted by Gasteiger charge is 2.26. The van der Waals surface area contributed by atoms with Crippen LogP contribution in [0.25, 0.3) is 0 Å². The molecule has 0 amide bonds. The van der Waals surface area contributed by atoms with Gasteiger partial charge in [-0.05, 0) is 12.8 Å². The summed E-state index contributed by atoms with van der Waals surface area (Å²) in [5.74, 6) is 0. The first-order valence-corrected chi connectivity index (χ1v) is 17.6. The molecule has 0 saturated carbocycles. The number of halogens is 1. The van der Waals surface area contributed by atoms with E-state index >= 15 is 0 Å². The van der Waals surface area contributed by atoms with Crippen molar-refractivity contribution in [3.8, 4) is 0 Å². The number of quaternary nitrogens is 1. The molecule has 0 aliphatic rings. The molecular formula is C25H57BrN2O6P2. The van der Waals surface area contributed by atoms with E-state index in [2.05, 4.69) is 21.0 Å². The molecule has 0 bridgehead atoms. The van der Waals surface area contributed by atoms with Gasteiger partial charge in [0.05, 0.1) is 27.2 Å². The molecule has 0 radical (unpaired) electrons. The van der Waals surface area contributed by atoms with Gasteiger partial charge >= 0.3 is 15.2 Å². The van der Waals surface area contributed by atoms with Gasteiger partial charge in [-0.1, -0.05) is 96.8 Å². The minimum atomic E-state index is -4.36. The number of nitrogens with zero attached hydrogens (tertiary/aromatic N) is 2. The van der Waals surface area contributed by atoms with E-state index in [1.165, 1.54) is 101 Å². The van der Waals surface area contributed by atoms with Gasteiger partial charge < -0.3 is 41.0 Å². The van der Waals surface area contributed by atoms with Crippen molar-refractivity contribution < 1.29 is 50.2 Å². The molecule has 0 spiro atoms. The molecule has 0 atom stereocenters. The number of rotatable bonds is 25. The fourth-order valence-electron chi connectivity index (χ4n) is 4.63. The van der Waals surface area contributed by atoms with Crippen LogP contribution in [-0.4, -0.2) is 75.3 Å². The molecular weight excluding hydrogens is 566 g/mol. The molecule has 0 heterocycles. The van der Waals surface area contributed by atoms with Crippen molar-refractivity contribution in [2.75, 3.05) is 46.3 Å². The van der Waals surface area contributed by atoms with Crippen LogP contribution in [-0.2, 0) is 9.13 Å². The van der Waals surface area contributed by atoms with Crippen LogP contribution in [0.3, 0.4) is 0 Å². The molecule has 0 aliphatic carbocycles. The van der Waals surface area contributed by atoms with E-state index in [0.717, 1.165) is 24.0 Å². The van der Waals surface area contributed by atoms with E-state index in [-0.39, 0.29) is 23.5 Å². The van der Waals surface area contributed by atoms with Crippen LogP contribution in [0.2, 0.25) is 0 Å². The summed E-state index contributed by atoms with van der Waals surface area (Å²) in [6.07, 6.45) is 21.0. The zero-order valence-corrected chi connectivity index (χ0v) is 26.7. The molecule has 36 heavy (non-hydrogen) atoms. The first kappa shape index (κ1) is 38.8. The highest BCUT2D eigenvalue weighted by Crippen LogP contribution is 2.40. The molecule has 0 rings (SSSR count). The Balaban J connectivity index is 0. The fraction of sp³-hybridized carbons (Fsp3) is 1.00. The lowest BCUT2D eigenvalue weighted by atomic mass is 10.0. The van der Waals surface area contributed by atoms with Gasteiger partial charge in [-0.3, -0.25) is 14.0 Å². The van der Waals surface area contributed by atoms with Gasteiger partial charge in [-0.25, -0.2) is 0 Å². The Hall–Kier alpha value is 0.700. The van der Waals surface area contributed by atoms with E-state index in [9.17, 15) is 9.13 Å². The second-order valence-corrected chi connectivity index (χ2v) is 14.3. The maximum atomic E-state index is 11.3. The summed E-state index contributed by atoms with van der Waals surface area (Å²) in [7, 11) is -4.44. The lowest BCUT2D eigenvalue weighted by Gasteiger charge is -2.31. The lowest BCUT2D eigenvalue weighted by molar-refractivity contribution is -0.890. The van der Waals surface area contributed by atoms with Crippen LogP contribution in [0.1, 0.15) is 116 Å². The van der Waals surface area contributed by atoms with Crippen LogP contribution in [0.4, 0.5) is 0 Å². The van der Waals surface area contributed by atoms with Crippen LogP contribution in [0, 0.1) is 0 Å². The second-order valence-electron chi connectivity index (χ2n) is 11.0. The Morgan fingerprint density at radius 3 is 1.19 bits per heavy atom. The maximum absolute atomic E-state index is 11.3. The van der Waals surface area contributed by atoms with E-state index in [1.807, 2.05) is 0 Å². The highest BCUT2D eigenvalue weighted by molar-refractivity contribution is 7.52.